The van der Waals surface area contributed by atoms with Crippen molar-refractivity contribution in [3.05, 3.63) is 31.9 Å². The number of halogens is 1. The molecule has 2 N–H and O–H groups in total. The van der Waals surface area contributed by atoms with Crippen molar-refractivity contribution in [2.24, 2.45) is 0 Å². The molecule has 0 heterocycles. The molecule has 0 saturated heterocycles. The van der Waals surface area contributed by atoms with Gasteiger partial charge in [0.05, 0.1) is 11.5 Å². The summed E-state index contributed by atoms with van der Waals surface area (Å²) in [4.78, 5) is 10.1. The van der Waals surface area contributed by atoms with Crippen molar-refractivity contribution in [1.82, 2.24) is 0 Å². The van der Waals surface area contributed by atoms with E-state index in [1.807, 2.05) is 22.6 Å². The van der Waals surface area contributed by atoms with Crippen LogP contribution in [0.2, 0.25) is 0 Å². The normalized spacial score (nSPS) is 9.86. The van der Waals surface area contributed by atoms with E-state index in [1.165, 1.54) is 12.1 Å². The van der Waals surface area contributed by atoms with E-state index in [2.05, 4.69) is 5.32 Å². The van der Waals surface area contributed by atoms with Crippen LogP contribution >= 0.6 is 22.6 Å². The highest BCUT2D eigenvalue weighted by Crippen LogP contribution is 2.21. The van der Waals surface area contributed by atoms with Crippen molar-refractivity contribution in [2.75, 3.05) is 18.5 Å². The summed E-state index contributed by atoms with van der Waals surface area (Å²) in [5, 5.41) is 22.0. The summed E-state index contributed by atoms with van der Waals surface area (Å²) in [5.41, 5.74) is 0.704. The standard InChI is InChI=1S/C8H9IN2O3/c9-6-3-7(10-1-2-12)5-8(4-6)11(13)14/h3-5,10,12H,1-2H2. The number of nitro groups is 1. The Morgan fingerprint density at radius 1 is 1.50 bits per heavy atom. The summed E-state index contributed by atoms with van der Waals surface area (Å²) in [6.45, 7) is 0.385. The molecule has 0 aliphatic carbocycles. The molecule has 0 amide bonds. The van der Waals surface area contributed by atoms with Crippen LogP contribution in [0.4, 0.5) is 11.4 Å². The van der Waals surface area contributed by atoms with Crippen molar-refractivity contribution in [3.8, 4) is 0 Å². The molecule has 1 aromatic carbocycles. The third-order valence-corrected chi connectivity index (χ3v) is 2.16. The van der Waals surface area contributed by atoms with Crippen molar-refractivity contribution in [2.45, 2.75) is 0 Å². The second-order valence-corrected chi connectivity index (χ2v) is 3.85. The SMILES string of the molecule is O=[N+]([O-])c1cc(I)cc(NCCO)c1. The van der Waals surface area contributed by atoms with E-state index >= 15 is 0 Å². The maximum Gasteiger partial charge on any atom is 0.272 e. The molecule has 1 rings (SSSR count). The molecule has 5 nitrogen and oxygen atoms in total. The first-order chi connectivity index (χ1) is 6.63. The molecule has 0 fully saturated rings. The lowest BCUT2D eigenvalue weighted by Crippen LogP contribution is -2.05. The molecule has 1 aromatic rings. The number of aliphatic hydroxyl groups is 1. The summed E-state index contributed by atoms with van der Waals surface area (Å²) < 4.78 is 0.789. The largest absolute Gasteiger partial charge is 0.395 e. The number of nitro benzene ring substituents is 1. The minimum absolute atomic E-state index is 0.000723. The summed E-state index contributed by atoms with van der Waals surface area (Å²) in [6, 6.07) is 4.71. The minimum Gasteiger partial charge on any atom is -0.395 e. The molecule has 0 aliphatic rings. The van der Waals surface area contributed by atoms with Crippen molar-refractivity contribution < 1.29 is 10.0 Å². The van der Waals surface area contributed by atoms with Crippen LogP contribution in [-0.4, -0.2) is 23.2 Å². The van der Waals surface area contributed by atoms with Crippen molar-refractivity contribution in [1.29, 1.82) is 0 Å². The molecule has 0 aliphatic heterocycles. The van der Waals surface area contributed by atoms with E-state index in [9.17, 15) is 10.1 Å². The highest BCUT2D eigenvalue weighted by atomic mass is 127. The Balaban J connectivity index is 2.89. The summed E-state index contributed by atoms with van der Waals surface area (Å²) in [6.07, 6.45) is 0. The van der Waals surface area contributed by atoms with Crippen LogP contribution in [0.3, 0.4) is 0 Å². The molecule has 0 atom stereocenters. The Morgan fingerprint density at radius 3 is 2.79 bits per heavy atom. The molecule has 0 saturated carbocycles. The Morgan fingerprint density at radius 2 is 2.21 bits per heavy atom. The zero-order valence-electron chi connectivity index (χ0n) is 7.24. The van der Waals surface area contributed by atoms with Crippen LogP contribution in [0.5, 0.6) is 0 Å². The molecule has 0 spiro atoms. The minimum atomic E-state index is -0.438. The van der Waals surface area contributed by atoms with Gasteiger partial charge in [-0.05, 0) is 28.7 Å². The van der Waals surface area contributed by atoms with Gasteiger partial charge in [-0.25, -0.2) is 0 Å². The van der Waals surface area contributed by atoms with Crippen LogP contribution in [0.25, 0.3) is 0 Å². The topological polar surface area (TPSA) is 75.4 Å². The first-order valence-electron chi connectivity index (χ1n) is 3.93. The van der Waals surface area contributed by atoms with Gasteiger partial charge in [0.2, 0.25) is 0 Å². The van der Waals surface area contributed by atoms with Crippen molar-refractivity contribution >= 4 is 34.0 Å². The molecule has 0 aromatic heterocycles. The Hall–Kier alpha value is -0.890. The fourth-order valence-corrected chi connectivity index (χ4v) is 1.64. The van der Waals surface area contributed by atoms with Gasteiger partial charge in [0.15, 0.2) is 0 Å². The summed E-state index contributed by atoms with van der Waals surface area (Å²) in [5.74, 6) is 0. The highest BCUT2D eigenvalue weighted by molar-refractivity contribution is 14.1. The summed E-state index contributed by atoms with van der Waals surface area (Å²) >= 11 is 2.01. The summed E-state index contributed by atoms with van der Waals surface area (Å²) in [7, 11) is 0. The lowest BCUT2D eigenvalue weighted by atomic mass is 10.3. The molecule has 14 heavy (non-hydrogen) atoms. The number of aliphatic hydroxyl groups excluding tert-OH is 1. The first kappa shape index (κ1) is 11.2. The Labute approximate surface area is 94.4 Å². The van der Waals surface area contributed by atoms with Crippen LogP contribution in [0, 0.1) is 13.7 Å². The monoisotopic (exact) mass is 308 g/mol. The number of non-ortho nitro benzene ring substituents is 1. The Kier molecular flexibility index (Phi) is 4.08. The highest BCUT2D eigenvalue weighted by Gasteiger charge is 2.07. The van der Waals surface area contributed by atoms with Crippen molar-refractivity contribution in [3.63, 3.8) is 0 Å². The average Bonchev–Trinajstić information content (AvgIpc) is 2.14. The Bertz CT molecular complexity index is 343. The van der Waals surface area contributed by atoms with E-state index in [-0.39, 0.29) is 12.3 Å². The predicted molar refractivity (Wildman–Crippen MR) is 61.4 cm³/mol. The molecule has 6 heteroatoms. The second kappa shape index (κ2) is 5.11. The quantitative estimate of drug-likeness (QED) is 0.503. The number of benzene rings is 1. The molecule has 0 radical (unpaired) electrons. The maximum atomic E-state index is 10.5. The number of rotatable bonds is 4. The van der Waals surface area contributed by atoms with Gasteiger partial charge in [0.25, 0.3) is 5.69 Å². The molecular weight excluding hydrogens is 299 g/mol. The van der Waals surface area contributed by atoms with Crippen LogP contribution in [-0.2, 0) is 0 Å². The third-order valence-electron chi connectivity index (χ3n) is 1.53. The molecule has 0 unspecified atom stereocenters. The maximum absolute atomic E-state index is 10.5. The van der Waals surface area contributed by atoms with Gasteiger partial charge in [0, 0.05) is 27.9 Å². The van der Waals surface area contributed by atoms with Crippen LogP contribution in [0.15, 0.2) is 18.2 Å². The van der Waals surface area contributed by atoms with E-state index in [0.29, 0.717) is 12.2 Å². The van der Waals surface area contributed by atoms with Gasteiger partial charge in [-0.3, -0.25) is 10.1 Å². The number of nitrogens with one attached hydrogen (secondary N) is 1. The van der Waals surface area contributed by atoms with Gasteiger partial charge in [0.1, 0.15) is 0 Å². The van der Waals surface area contributed by atoms with Gasteiger partial charge in [-0.1, -0.05) is 0 Å². The fourth-order valence-electron chi connectivity index (χ4n) is 0.982. The lowest BCUT2D eigenvalue weighted by Gasteiger charge is -2.04. The van der Waals surface area contributed by atoms with Crippen LogP contribution < -0.4 is 5.32 Å². The predicted octanol–water partition coefficient (Wildman–Crippen LogP) is 1.60. The second-order valence-electron chi connectivity index (χ2n) is 2.61. The van der Waals surface area contributed by atoms with Gasteiger partial charge < -0.3 is 10.4 Å². The van der Waals surface area contributed by atoms with E-state index in [0.717, 1.165) is 3.57 Å². The zero-order chi connectivity index (χ0) is 10.6. The number of hydrogen-bond donors (Lipinski definition) is 2. The number of nitrogens with zero attached hydrogens (tertiary/aromatic N) is 1. The van der Waals surface area contributed by atoms with E-state index < -0.39 is 4.92 Å². The molecule has 76 valence electrons. The average molecular weight is 308 g/mol. The van der Waals surface area contributed by atoms with Crippen LogP contribution in [0.1, 0.15) is 0 Å². The lowest BCUT2D eigenvalue weighted by molar-refractivity contribution is -0.384. The smallest absolute Gasteiger partial charge is 0.272 e. The van der Waals surface area contributed by atoms with E-state index in [1.54, 1.807) is 6.07 Å². The van der Waals surface area contributed by atoms with E-state index in [4.69, 9.17) is 5.11 Å². The number of hydrogen-bond acceptors (Lipinski definition) is 4. The third kappa shape index (κ3) is 3.11. The van der Waals surface area contributed by atoms with Gasteiger partial charge in [-0.2, -0.15) is 0 Å². The molecular formula is C8H9IN2O3. The van der Waals surface area contributed by atoms with Gasteiger partial charge >= 0.3 is 0 Å². The molecule has 0 bridgehead atoms. The zero-order valence-corrected chi connectivity index (χ0v) is 9.39. The van der Waals surface area contributed by atoms with Gasteiger partial charge in [-0.15, -0.1) is 0 Å². The first-order valence-corrected chi connectivity index (χ1v) is 5.01. The number of anilines is 1. The fraction of sp³-hybridized carbons (Fsp3) is 0.250.